The van der Waals surface area contributed by atoms with Crippen molar-refractivity contribution in [2.45, 2.75) is 83.4 Å². The van der Waals surface area contributed by atoms with E-state index in [2.05, 4.69) is 21.4 Å². The van der Waals surface area contributed by atoms with E-state index in [0.29, 0.717) is 35.0 Å². The van der Waals surface area contributed by atoms with Crippen molar-refractivity contribution >= 4 is 28.5 Å². The van der Waals surface area contributed by atoms with Crippen LogP contribution in [0.25, 0.3) is 10.8 Å². The largest absolute Gasteiger partial charge is 0.444 e. The monoisotopic (exact) mass is 596 g/mol. The highest BCUT2D eigenvalue weighted by atomic mass is 16.6. The Morgan fingerprint density at radius 3 is 2.27 bits per heavy atom. The van der Waals surface area contributed by atoms with Gasteiger partial charge in [-0.3, -0.25) is 9.48 Å². The van der Waals surface area contributed by atoms with Crippen LogP contribution in [0.5, 0.6) is 0 Å². The molecular weight excluding hydrogens is 552 g/mol. The normalized spacial score (nSPS) is 23.0. The van der Waals surface area contributed by atoms with Crippen molar-refractivity contribution in [1.29, 1.82) is 5.26 Å². The van der Waals surface area contributed by atoms with E-state index in [1.807, 2.05) is 76.2 Å². The Balaban J connectivity index is 1.03. The molecule has 2 aromatic carbocycles. The molecule has 0 radical (unpaired) electrons. The van der Waals surface area contributed by atoms with E-state index < -0.39 is 11.1 Å². The van der Waals surface area contributed by atoms with Gasteiger partial charge in [0.1, 0.15) is 11.1 Å². The lowest BCUT2D eigenvalue weighted by Crippen LogP contribution is -2.41. The summed E-state index contributed by atoms with van der Waals surface area (Å²) in [5, 5.41) is 18.9. The molecular formula is C35H44N6O3. The quantitative estimate of drug-likeness (QED) is 0.381. The Bertz CT molecular complexity index is 1580. The molecule has 1 aromatic heterocycles. The average molecular weight is 597 g/mol. The van der Waals surface area contributed by atoms with Crippen LogP contribution in [-0.4, -0.2) is 69.4 Å². The van der Waals surface area contributed by atoms with Crippen molar-refractivity contribution in [2.24, 2.45) is 11.8 Å². The lowest BCUT2D eigenvalue weighted by molar-refractivity contribution is -0.123. The van der Waals surface area contributed by atoms with E-state index in [4.69, 9.17) is 4.74 Å². The van der Waals surface area contributed by atoms with Crippen LogP contribution in [0.15, 0.2) is 48.8 Å². The van der Waals surface area contributed by atoms with Crippen LogP contribution < -0.4 is 5.32 Å². The van der Waals surface area contributed by atoms with Gasteiger partial charge in [-0.15, -0.1) is 0 Å². The summed E-state index contributed by atoms with van der Waals surface area (Å²) < 4.78 is 7.39. The molecule has 1 aliphatic carbocycles. The first kappa shape index (κ1) is 30.1. The number of piperidine rings is 1. The van der Waals surface area contributed by atoms with E-state index in [9.17, 15) is 14.9 Å². The number of benzene rings is 2. The molecule has 232 valence electrons. The first-order chi connectivity index (χ1) is 20.9. The standard InChI is InChI=1S/C35H44N6O3/c1-34(2,3)44-33(43)40-20-25-16-28(17-26(25)21-40)39-14-12-23(13-15-39)27-19-37-41(22-27)35(4,5)32(42)38-31-11-10-24(18-36)29-8-6-7-9-30(29)31/h6-11,19,22-23,25-26,28H,12-17,20-21H2,1-5H3,(H,38,42). The Morgan fingerprint density at radius 2 is 1.64 bits per heavy atom. The Hall–Kier alpha value is -3.90. The fourth-order valence-corrected chi connectivity index (χ4v) is 7.38. The number of rotatable bonds is 5. The van der Waals surface area contributed by atoms with Crippen LogP contribution in [-0.2, 0) is 15.1 Å². The first-order valence-corrected chi connectivity index (χ1v) is 15.9. The SMILES string of the molecule is CC(C)(C)OC(=O)N1CC2CC(N3CCC(c4cnn(C(C)(C)C(=O)Nc5ccc(C#N)c6ccccc56)c4)CC3)CC2C1. The van der Waals surface area contributed by atoms with Crippen molar-refractivity contribution in [1.82, 2.24) is 19.6 Å². The van der Waals surface area contributed by atoms with Crippen LogP contribution in [0.3, 0.4) is 0 Å². The predicted molar refractivity (Wildman–Crippen MR) is 170 cm³/mol. The van der Waals surface area contributed by atoms with Crippen molar-refractivity contribution in [3.63, 3.8) is 0 Å². The molecule has 2 unspecified atom stereocenters. The summed E-state index contributed by atoms with van der Waals surface area (Å²) in [5.41, 5.74) is 1.10. The van der Waals surface area contributed by atoms with Crippen LogP contribution in [0.1, 0.15) is 77.3 Å². The lowest BCUT2D eigenvalue weighted by Gasteiger charge is -2.36. The summed E-state index contributed by atoms with van der Waals surface area (Å²) in [6.07, 6.45) is 8.26. The average Bonchev–Trinajstić information content (AvgIpc) is 3.73. The third-order valence-electron chi connectivity index (χ3n) is 9.92. The fraction of sp³-hybridized carbons (Fsp3) is 0.543. The number of aromatic nitrogens is 2. The van der Waals surface area contributed by atoms with Gasteiger partial charge in [-0.2, -0.15) is 10.4 Å². The molecule has 2 saturated heterocycles. The number of amides is 2. The summed E-state index contributed by atoms with van der Waals surface area (Å²) in [4.78, 5) is 30.7. The number of carbonyl (C=O) groups excluding carboxylic acids is 2. The van der Waals surface area contributed by atoms with Gasteiger partial charge >= 0.3 is 6.09 Å². The lowest BCUT2D eigenvalue weighted by atomic mass is 9.90. The van der Waals surface area contributed by atoms with Gasteiger partial charge in [0.15, 0.2) is 0 Å². The zero-order chi connectivity index (χ0) is 31.2. The van der Waals surface area contributed by atoms with Crippen LogP contribution >= 0.6 is 0 Å². The number of nitriles is 1. The summed E-state index contributed by atoms with van der Waals surface area (Å²) in [5.74, 6) is 1.40. The minimum Gasteiger partial charge on any atom is -0.444 e. The maximum atomic E-state index is 13.5. The zero-order valence-electron chi connectivity index (χ0n) is 26.5. The highest BCUT2D eigenvalue weighted by molar-refractivity contribution is 6.05. The van der Waals surface area contributed by atoms with E-state index in [1.54, 1.807) is 16.8 Å². The molecule has 6 rings (SSSR count). The van der Waals surface area contributed by atoms with Crippen molar-refractivity contribution in [3.05, 3.63) is 59.9 Å². The highest BCUT2D eigenvalue weighted by Gasteiger charge is 2.45. The Kier molecular flexibility index (Phi) is 7.91. The topological polar surface area (TPSA) is 103 Å². The number of likely N-dealkylation sites (tertiary alicyclic amines) is 2. The second kappa shape index (κ2) is 11.6. The second-order valence-electron chi connectivity index (χ2n) is 14.4. The second-order valence-corrected chi connectivity index (χ2v) is 14.4. The summed E-state index contributed by atoms with van der Waals surface area (Å²) >= 11 is 0. The van der Waals surface area contributed by atoms with Gasteiger partial charge < -0.3 is 19.9 Å². The molecule has 1 saturated carbocycles. The highest BCUT2D eigenvalue weighted by Crippen LogP contribution is 2.42. The number of hydrogen-bond acceptors (Lipinski definition) is 6. The molecule has 3 aliphatic rings. The summed E-state index contributed by atoms with van der Waals surface area (Å²) in [7, 11) is 0. The zero-order valence-corrected chi connectivity index (χ0v) is 26.5. The molecule has 2 aliphatic heterocycles. The minimum atomic E-state index is -0.900. The number of carbonyl (C=O) groups is 2. The van der Waals surface area contributed by atoms with Crippen LogP contribution in [0.2, 0.25) is 0 Å². The van der Waals surface area contributed by atoms with E-state index in [0.717, 1.165) is 62.6 Å². The van der Waals surface area contributed by atoms with Crippen molar-refractivity contribution in [2.75, 3.05) is 31.5 Å². The maximum Gasteiger partial charge on any atom is 0.410 e. The molecule has 2 amide bonds. The van der Waals surface area contributed by atoms with Crippen molar-refractivity contribution < 1.29 is 14.3 Å². The Labute approximate surface area is 260 Å². The van der Waals surface area contributed by atoms with Gasteiger partial charge in [-0.25, -0.2) is 4.79 Å². The van der Waals surface area contributed by atoms with E-state index in [1.165, 1.54) is 5.56 Å². The number of fused-ring (bicyclic) bond motifs is 2. The van der Waals surface area contributed by atoms with Gasteiger partial charge in [0.05, 0.1) is 17.8 Å². The van der Waals surface area contributed by atoms with Crippen LogP contribution in [0.4, 0.5) is 10.5 Å². The number of ether oxygens (including phenoxy) is 1. The third kappa shape index (κ3) is 5.92. The number of nitrogens with one attached hydrogen (secondary N) is 1. The molecule has 3 aromatic rings. The molecule has 3 heterocycles. The van der Waals surface area contributed by atoms with Crippen molar-refractivity contribution in [3.8, 4) is 6.07 Å². The smallest absolute Gasteiger partial charge is 0.410 e. The molecule has 1 N–H and O–H groups in total. The summed E-state index contributed by atoms with van der Waals surface area (Å²) in [6, 6.07) is 14.0. The molecule has 2 atom stereocenters. The minimum absolute atomic E-state index is 0.158. The number of anilines is 1. The number of hydrogen-bond donors (Lipinski definition) is 1. The third-order valence-corrected chi connectivity index (χ3v) is 9.92. The molecule has 0 spiro atoms. The molecule has 9 heteroatoms. The molecule has 44 heavy (non-hydrogen) atoms. The van der Waals surface area contributed by atoms with Gasteiger partial charge in [0.25, 0.3) is 5.91 Å². The van der Waals surface area contributed by atoms with Gasteiger partial charge in [0, 0.05) is 41.8 Å². The van der Waals surface area contributed by atoms with Gasteiger partial charge in [0.2, 0.25) is 0 Å². The molecule has 0 bridgehead atoms. The fourth-order valence-electron chi connectivity index (χ4n) is 7.38. The van der Waals surface area contributed by atoms with Crippen LogP contribution in [0, 0.1) is 23.2 Å². The van der Waals surface area contributed by atoms with E-state index >= 15 is 0 Å². The molecule has 9 nitrogen and oxygen atoms in total. The molecule has 3 fully saturated rings. The summed E-state index contributed by atoms with van der Waals surface area (Å²) in [6.45, 7) is 13.3. The first-order valence-electron chi connectivity index (χ1n) is 15.9. The Morgan fingerprint density at radius 1 is 0.977 bits per heavy atom. The van der Waals surface area contributed by atoms with E-state index in [-0.39, 0.29) is 12.0 Å². The predicted octanol–water partition coefficient (Wildman–Crippen LogP) is 6.11. The number of nitrogens with zero attached hydrogens (tertiary/aromatic N) is 5. The maximum absolute atomic E-state index is 13.5. The van der Waals surface area contributed by atoms with Gasteiger partial charge in [-0.1, -0.05) is 24.3 Å². The van der Waals surface area contributed by atoms with Gasteiger partial charge in [-0.05, 0) is 109 Å².